The largest absolute Gasteiger partial charge is 0.273 e. The Labute approximate surface area is 71.6 Å². The molecule has 1 aliphatic heterocycles. The number of amides is 2. The lowest BCUT2D eigenvalue weighted by atomic mass is 10.4. The Balaban J connectivity index is 2.85. The maximum Gasteiger partial charge on any atom is 0.239 e. The number of carbonyl (C=O) groups excluding carboxylic acids is 2. The summed E-state index contributed by atoms with van der Waals surface area (Å²) < 4.78 is 1.20. The smallest absolute Gasteiger partial charge is 0.239 e. The van der Waals surface area contributed by atoms with Gasteiger partial charge < -0.3 is 0 Å². The van der Waals surface area contributed by atoms with Crippen molar-refractivity contribution in [3.05, 3.63) is 0 Å². The maximum absolute atomic E-state index is 11.1. The predicted molar refractivity (Wildman–Crippen MR) is 46.4 cm³/mol. The Hall–Kier alpha value is -0.220. The molecule has 0 aromatic heterocycles. The van der Waals surface area contributed by atoms with Gasteiger partial charge in [0.05, 0.1) is 0 Å². The van der Waals surface area contributed by atoms with Gasteiger partial charge in [-0.05, 0) is 23.2 Å². The van der Waals surface area contributed by atoms with Gasteiger partial charge in [0.1, 0.15) is 0 Å². The van der Waals surface area contributed by atoms with Crippen molar-refractivity contribution >= 4 is 31.9 Å². The highest BCUT2D eigenvalue weighted by Gasteiger charge is 2.36. The minimum atomic E-state index is -1.69. The van der Waals surface area contributed by atoms with Crippen LogP contribution in [-0.2, 0) is 9.59 Å². The average Bonchev–Trinajstić information content (AvgIpc) is 2.08. The lowest BCUT2D eigenvalue weighted by Gasteiger charge is -2.31. The molecule has 0 spiro atoms. The molecule has 3 nitrogen and oxygen atoms in total. The fourth-order valence-corrected chi connectivity index (χ4v) is 2.65. The van der Waals surface area contributed by atoms with Gasteiger partial charge in [-0.15, -0.1) is 0 Å². The van der Waals surface area contributed by atoms with Crippen molar-refractivity contribution in [2.75, 3.05) is 12.5 Å². The summed E-state index contributed by atoms with van der Waals surface area (Å²) in [6.45, 7) is 0. The van der Waals surface area contributed by atoms with Crippen LogP contribution < -0.4 is 0 Å². The molecule has 0 saturated carbocycles. The quantitative estimate of drug-likeness (QED) is 0.591. The van der Waals surface area contributed by atoms with E-state index in [4.69, 9.17) is 10.7 Å². The van der Waals surface area contributed by atoms with E-state index in [1.165, 1.54) is 4.31 Å². The molecule has 1 rings (SSSR count). The van der Waals surface area contributed by atoms with Gasteiger partial charge in [0.2, 0.25) is 11.8 Å². The molecule has 0 radical (unpaired) electrons. The summed E-state index contributed by atoms with van der Waals surface area (Å²) >= 11 is 0. The fourth-order valence-electron chi connectivity index (χ4n) is 1.04. The number of carbonyl (C=O) groups is 2. The molecule has 2 amide bonds. The van der Waals surface area contributed by atoms with E-state index in [0.29, 0.717) is 12.8 Å². The summed E-state index contributed by atoms with van der Waals surface area (Å²) in [5, 5.41) is 0. The van der Waals surface area contributed by atoms with Gasteiger partial charge in [0, 0.05) is 12.8 Å². The van der Waals surface area contributed by atoms with Crippen LogP contribution in [0.2, 0.25) is 0 Å². The zero-order valence-corrected chi connectivity index (χ0v) is 8.04. The Morgan fingerprint density at radius 2 is 1.64 bits per heavy atom. The molecule has 1 saturated heterocycles. The highest BCUT2D eigenvalue weighted by Crippen LogP contribution is 2.51. The first-order chi connectivity index (χ1) is 4.93. The van der Waals surface area contributed by atoms with E-state index in [2.05, 4.69) is 0 Å². The van der Waals surface area contributed by atoms with Crippen LogP contribution in [0.4, 0.5) is 0 Å². The zero-order chi connectivity index (χ0) is 8.65. The number of nitrogens with zero attached hydrogens (tertiary/aromatic N) is 1. The lowest BCUT2D eigenvalue weighted by molar-refractivity contribution is -0.131. The van der Waals surface area contributed by atoms with Crippen LogP contribution in [-0.4, -0.2) is 28.6 Å². The monoisotopic (exact) mass is 195 g/mol. The van der Waals surface area contributed by atoms with Gasteiger partial charge in [0.25, 0.3) is 0 Å². The fraction of sp³-hybridized carbons (Fsp3) is 0.667. The second kappa shape index (κ2) is 2.68. The highest BCUT2D eigenvalue weighted by atomic mass is 35.7. The number of hydrogen-bond acceptors (Lipinski definition) is 2. The van der Waals surface area contributed by atoms with Crippen molar-refractivity contribution < 1.29 is 9.59 Å². The third kappa shape index (κ3) is 1.68. The standard InChI is InChI=1S/C6H10ClNO2S/c1-11(2,7)8-5(9)3-4-6(8)10/h3-4H2,1-2H3. The van der Waals surface area contributed by atoms with Crippen molar-refractivity contribution in [2.45, 2.75) is 12.8 Å². The number of rotatable bonds is 1. The van der Waals surface area contributed by atoms with Gasteiger partial charge in [0.15, 0.2) is 0 Å². The summed E-state index contributed by atoms with van der Waals surface area (Å²) in [5.74, 6) is -0.269. The first kappa shape index (κ1) is 8.87. The van der Waals surface area contributed by atoms with Crippen LogP contribution in [0.3, 0.4) is 0 Å². The molecule has 5 heteroatoms. The summed E-state index contributed by atoms with van der Waals surface area (Å²) in [6, 6.07) is 0. The second-order valence-corrected chi connectivity index (χ2v) is 7.67. The van der Waals surface area contributed by atoms with Crippen LogP contribution >= 0.6 is 20.1 Å². The Bertz CT molecular complexity index is 195. The minimum absolute atomic E-state index is 0.134. The van der Waals surface area contributed by atoms with Crippen molar-refractivity contribution in [1.29, 1.82) is 0 Å². The Kier molecular flexibility index (Phi) is 2.16. The predicted octanol–water partition coefficient (Wildman–Crippen LogP) is 1.27. The summed E-state index contributed by atoms with van der Waals surface area (Å²) in [6.07, 6.45) is 4.08. The van der Waals surface area contributed by atoms with E-state index in [1.54, 1.807) is 12.5 Å². The number of hydrogen-bond donors (Lipinski definition) is 0. The number of halogens is 1. The van der Waals surface area contributed by atoms with Gasteiger partial charge in [-0.1, -0.05) is 9.43 Å². The van der Waals surface area contributed by atoms with E-state index in [1.807, 2.05) is 0 Å². The van der Waals surface area contributed by atoms with Crippen LogP contribution in [0.15, 0.2) is 0 Å². The molecule has 1 aliphatic rings. The SMILES string of the molecule is CS(C)(Cl)N1C(=O)CCC1=O. The van der Waals surface area contributed by atoms with Crippen LogP contribution in [0, 0.1) is 0 Å². The maximum atomic E-state index is 11.1. The molecule has 64 valence electrons. The second-order valence-electron chi connectivity index (χ2n) is 2.73. The third-order valence-electron chi connectivity index (χ3n) is 1.44. The summed E-state index contributed by atoms with van der Waals surface area (Å²) in [4.78, 5) is 22.1. The van der Waals surface area contributed by atoms with Crippen LogP contribution in [0.25, 0.3) is 0 Å². The molecule has 0 aliphatic carbocycles. The molecule has 11 heavy (non-hydrogen) atoms. The molecular formula is C6H10ClNO2S. The molecule has 0 unspecified atom stereocenters. The topological polar surface area (TPSA) is 37.4 Å². The molecule has 0 N–H and O–H groups in total. The van der Waals surface area contributed by atoms with E-state index in [-0.39, 0.29) is 11.8 Å². The van der Waals surface area contributed by atoms with E-state index in [9.17, 15) is 9.59 Å². The molecule has 0 aromatic carbocycles. The number of imide groups is 1. The van der Waals surface area contributed by atoms with Gasteiger partial charge in [-0.25, -0.2) is 4.31 Å². The first-order valence-electron chi connectivity index (χ1n) is 3.22. The van der Waals surface area contributed by atoms with Crippen molar-refractivity contribution in [3.63, 3.8) is 0 Å². The van der Waals surface area contributed by atoms with Crippen LogP contribution in [0.5, 0.6) is 0 Å². The Morgan fingerprint density at radius 3 is 1.82 bits per heavy atom. The highest BCUT2D eigenvalue weighted by molar-refractivity contribution is 8.49. The van der Waals surface area contributed by atoms with Crippen molar-refractivity contribution in [2.24, 2.45) is 0 Å². The average molecular weight is 196 g/mol. The normalized spacial score (nSPS) is 21.2. The van der Waals surface area contributed by atoms with Crippen LogP contribution in [0.1, 0.15) is 12.8 Å². The van der Waals surface area contributed by atoms with Crippen molar-refractivity contribution in [1.82, 2.24) is 4.31 Å². The Morgan fingerprint density at radius 1 is 1.27 bits per heavy atom. The van der Waals surface area contributed by atoms with Gasteiger partial charge in [-0.2, -0.15) is 0 Å². The molecule has 1 heterocycles. The van der Waals surface area contributed by atoms with E-state index >= 15 is 0 Å². The zero-order valence-electron chi connectivity index (χ0n) is 6.46. The van der Waals surface area contributed by atoms with Gasteiger partial charge >= 0.3 is 0 Å². The summed E-state index contributed by atoms with van der Waals surface area (Å²) in [7, 11) is 4.20. The van der Waals surface area contributed by atoms with E-state index in [0.717, 1.165) is 0 Å². The van der Waals surface area contributed by atoms with Crippen molar-refractivity contribution in [3.8, 4) is 0 Å². The molecule has 1 fully saturated rings. The van der Waals surface area contributed by atoms with Gasteiger partial charge in [-0.3, -0.25) is 9.59 Å². The molecule has 0 bridgehead atoms. The third-order valence-corrected chi connectivity index (χ3v) is 3.13. The molecular weight excluding hydrogens is 186 g/mol. The lowest BCUT2D eigenvalue weighted by Crippen LogP contribution is -2.28. The van der Waals surface area contributed by atoms with E-state index < -0.39 is 9.43 Å². The molecule has 0 atom stereocenters. The summed E-state index contributed by atoms with van der Waals surface area (Å²) in [5.41, 5.74) is 0. The first-order valence-corrected chi connectivity index (χ1v) is 6.45. The minimum Gasteiger partial charge on any atom is -0.273 e. The molecule has 0 aromatic rings.